The minimum absolute atomic E-state index is 0.0524. The topological polar surface area (TPSA) is 79.8 Å². The summed E-state index contributed by atoms with van der Waals surface area (Å²) in [7, 11) is 0. The van der Waals surface area contributed by atoms with Crippen molar-refractivity contribution in [2.45, 2.75) is 56.3 Å². The van der Waals surface area contributed by atoms with Crippen molar-refractivity contribution in [2.75, 3.05) is 6.54 Å². The first-order valence-electron chi connectivity index (χ1n) is 11.1. The Morgan fingerprint density at radius 3 is 2.49 bits per heavy atom. The Morgan fingerprint density at radius 2 is 1.86 bits per heavy atom. The Bertz CT molecular complexity index is 1230. The summed E-state index contributed by atoms with van der Waals surface area (Å²) in [5, 5.41) is 9.42. The molecule has 2 aliphatic heterocycles. The van der Waals surface area contributed by atoms with Gasteiger partial charge < -0.3 is 15.5 Å². The number of nitrogens with one attached hydrogen (secondary N) is 2. The summed E-state index contributed by atoms with van der Waals surface area (Å²) in [5.41, 5.74) is -1.22. The number of carbonyl (C=O) groups is 2. The van der Waals surface area contributed by atoms with E-state index in [-0.39, 0.29) is 27.2 Å². The summed E-state index contributed by atoms with van der Waals surface area (Å²) in [5.74, 6) is -0.641. The number of halogens is 5. The van der Waals surface area contributed by atoms with Crippen LogP contribution in [-0.4, -0.2) is 36.3 Å². The highest BCUT2D eigenvalue weighted by molar-refractivity contribution is 7.16. The van der Waals surface area contributed by atoms with Gasteiger partial charge in [-0.25, -0.2) is 0 Å². The maximum Gasteiger partial charge on any atom is 0.435 e. The molecule has 2 atom stereocenters. The highest BCUT2D eigenvalue weighted by Crippen LogP contribution is 2.51. The van der Waals surface area contributed by atoms with E-state index in [4.69, 9.17) is 28.0 Å². The van der Waals surface area contributed by atoms with Crippen LogP contribution in [0.5, 0.6) is 0 Å². The van der Waals surface area contributed by atoms with Crippen LogP contribution >= 0.6 is 34.5 Å². The molecule has 2 aromatic rings. The summed E-state index contributed by atoms with van der Waals surface area (Å²) in [6.07, 6.45) is -1.92. The van der Waals surface area contributed by atoms with E-state index in [0.29, 0.717) is 35.6 Å². The second kappa shape index (κ2) is 8.97. The molecule has 0 unspecified atom stereocenters. The molecule has 35 heavy (non-hydrogen) atoms. The highest BCUT2D eigenvalue weighted by atomic mass is 35.5. The number of alkyl halides is 3. The molecule has 12 heteroatoms. The van der Waals surface area contributed by atoms with Crippen molar-refractivity contribution in [1.82, 2.24) is 10.6 Å². The van der Waals surface area contributed by atoms with E-state index in [2.05, 4.69) is 15.8 Å². The molecular formula is C23H20Cl2F3N3O3S. The van der Waals surface area contributed by atoms with Crippen molar-refractivity contribution >= 4 is 52.1 Å². The quantitative estimate of drug-likeness (QED) is 0.558. The third kappa shape index (κ3) is 4.29. The normalized spacial score (nSPS) is 24.0. The number of fused-ring (bicyclic) bond motifs is 1. The van der Waals surface area contributed by atoms with Gasteiger partial charge in [0.15, 0.2) is 0 Å². The van der Waals surface area contributed by atoms with Crippen LogP contribution in [0.1, 0.15) is 56.9 Å². The molecule has 1 saturated heterocycles. The van der Waals surface area contributed by atoms with Crippen LogP contribution in [0.25, 0.3) is 0 Å². The Labute approximate surface area is 212 Å². The molecule has 5 rings (SSSR count). The fourth-order valence-corrected chi connectivity index (χ4v) is 6.62. The number of carbonyl (C=O) groups excluding carboxylic acids is 2. The molecule has 3 heterocycles. The summed E-state index contributed by atoms with van der Waals surface area (Å²) in [6, 6.07) is 3.08. The van der Waals surface area contributed by atoms with Crippen molar-refractivity contribution in [2.24, 2.45) is 5.16 Å². The van der Waals surface area contributed by atoms with E-state index in [0.717, 1.165) is 35.3 Å². The van der Waals surface area contributed by atoms with Crippen LogP contribution in [-0.2, 0) is 28.1 Å². The van der Waals surface area contributed by atoms with Gasteiger partial charge in [0.1, 0.15) is 11.8 Å². The molecule has 1 fully saturated rings. The Morgan fingerprint density at radius 1 is 1.17 bits per heavy atom. The Balaban J connectivity index is 1.50. The summed E-state index contributed by atoms with van der Waals surface area (Å²) < 4.78 is 43.2. The van der Waals surface area contributed by atoms with E-state index < -0.39 is 30.1 Å². The second-order valence-electron chi connectivity index (χ2n) is 8.82. The van der Waals surface area contributed by atoms with Gasteiger partial charge in [-0.2, -0.15) is 13.2 Å². The second-order valence-corrected chi connectivity index (χ2v) is 10.7. The van der Waals surface area contributed by atoms with Gasteiger partial charge in [-0.1, -0.05) is 28.4 Å². The third-order valence-electron chi connectivity index (χ3n) is 6.56. The van der Waals surface area contributed by atoms with Crippen molar-refractivity contribution in [3.63, 3.8) is 0 Å². The van der Waals surface area contributed by atoms with E-state index in [1.807, 2.05) is 0 Å². The molecule has 0 radical (unpaired) electrons. The third-order valence-corrected chi connectivity index (χ3v) is 8.32. The zero-order chi connectivity index (χ0) is 25.0. The maximum absolute atomic E-state index is 14.4. The van der Waals surface area contributed by atoms with Gasteiger partial charge in [0.25, 0.3) is 11.5 Å². The summed E-state index contributed by atoms with van der Waals surface area (Å²) in [6.45, 7) is 0.485. The predicted molar refractivity (Wildman–Crippen MR) is 126 cm³/mol. The molecule has 0 spiro atoms. The maximum atomic E-state index is 14.4. The molecule has 186 valence electrons. The first-order chi connectivity index (χ1) is 16.6. The van der Waals surface area contributed by atoms with Crippen LogP contribution < -0.4 is 10.6 Å². The van der Waals surface area contributed by atoms with Crippen LogP contribution in [0.2, 0.25) is 10.0 Å². The lowest BCUT2D eigenvalue weighted by Gasteiger charge is -2.29. The van der Waals surface area contributed by atoms with E-state index >= 15 is 0 Å². The number of thiophene rings is 1. The van der Waals surface area contributed by atoms with E-state index in [9.17, 15) is 22.8 Å². The first kappa shape index (κ1) is 24.4. The summed E-state index contributed by atoms with van der Waals surface area (Å²) in [4.78, 5) is 31.1. The lowest BCUT2D eigenvalue weighted by atomic mass is 9.85. The lowest BCUT2D eigenvalue weighted by molar-refractivity contribution is -0.275. The van der Waals surface area contributed by atoms with Gasteiger partial charge in [0.05, 0.1) is 16.2 Å². The van der Waals surface area contributed by atoms with Crippen molar-refractivity contribution < 1.29 is 27.6 Å². The molecule has 3 aliphatic rings. The van der Waals surface area contributed by atoms with Gasteiger partial charge in [-0.05, 0) is 61.4 Å². The number of benzene rings is 1. The molecule has 6 nitrogen and oxygen atoms in total. The lowest BCUT2D eigenvalue weighted by Crippen LogP contribution is -2.42. The monoisotopic (exact) mass is 545 g/mol. The number of amides is 2. The minimum atomic E-state index is -4.81. The number of rotatable bonds is 4. The summed E-state index contributed by atoms with van der Waals surface area (Å²) >= 11 is 13.1. The van der Waals surface area contributed by atoms with Crippen LogP contribution in [0.15, 0.2) is 23.4 Å². The fourth-order valence-electron chi connectivity index (χ4n) is 4.82. The molecule has 2 amide bonds. The average Bonchev–Trinajstić information content (AvgIpc) is 3.50. The van der Waals surface area contributed by atoms with Gasteiger partial charge >= 0.3 is 6.18 Å². The van der Waals surface area contributed by atoms with Gasteiger partial charge in [-0.3, -0.25) is 9.59 Å². The van der Waals surface area contributed by atoms with Crippen molar-refractivity contribution in [3.05, 3.63) is 54.7 Å². The van der Waals surface area contributed by atoms with Gasteiger partial charge in [0.2, 0.25) is 5.91 Å². The van der Waals surface area contributed by atoms with Gasteiger partial charge in [-0.15, -0.1) is 11.3 Å². The molecule has 0 bridgehead atoms. The van der Waals surface area contributed by atoms with E-state index in [1.54, 1.807) is 0 Å². The number of hydrogen-bond acceptors (Lipinski definition) is 5. The Kier molecular flexibility index (Phi) is 6.26. The minimum Gasteiger partial charge on any atom is -0.374 e. The van der Waals surface area contributed by atoms with Crippen molar-refractivity contribution in [1.29, 1.82) is 0 Å². The smallest absolute Gasteiger partial charge is 0.374 e. The highest BCUT2D eigenvalue weighted by Gasteiger charge is 2.62. The molecule has 1 aliphatic carbocycles. The standard InChI is InChI=1S/C23H20Cl2F3N3O3S/c24-12-7-11(8-13(25)9-12)22(23(26,27)28)10-17(31-34-22)18-14-3-1-2-4-15(14)19(35-18)21(33)30-16-5-6-29-20(16)32/h7-9,16H,1-6,10H2,(H,29,32)(H,30,33)/t16-,22+/m1/s1. The van der Waals surface area contributed by atoms with Crippen LogP contribution in [0, 0.1) is 0 Å². The molecule has 0 saturated carbocycles. The number of nitrogens with zero attached hydrogens (tertiary/aromatic N) is 1. The largest absolute Gasteiger partial charge is 0.435 e. The zero-order valence-corrected chi connectivity index (χ0v) is 20.6. The number of hydrogen-bond donors (Lipinski definition) is 2. The van der Waals surface area contributed by atoms with Crippen LogP contribution in [0.3, 0.4) is 0 Å². The fraction of sp³-hybridized carbons (Fsp3) is 0.435. The zero-order valence-electron chi connectivity index (χ0n) is 18.2. The first-order valence-corrected chi connectivity index (χ1v) is 12.7. The molecular weight excluding hydrogens is 526 g/mol. The molecule has 1 aromatic carbocycles. The van der Waals surface area contributed by atoms with E-state index in [1.165, 1.54) is 18.2 Å². The SMILES string of the molecule is O=C(N[C@@H]1CCNC1=O)c1sc(C2=NO[C@@](c3cc(Cl)cc(Cl)c3)(C(F)(F)F)C2)c2c1CCCC2. The van der Waals surface area contributed by atoms with Crippen LogP contribution in [0.4, 0.5) is 13.2 Å². The molecule has 2 N–H and O–H groups in total. The van der Waals surface area contributed by atoms with Gasteiger partial charge in [0, 0.05) is 22.2 Å². The number of oxime groups is 1. The van der Waals surface area contributed by atoms with Crippen molar-refractivity contribution in [3.8, 4) is 0 Å². The Hall–Kier alpha value is -2.30. The molecule has 1 aromatic heterocycles. The predicted octanol–water partition coefficient (Wildman–Crippen LogP) is 5.13. The average molecular weight is 546 g/mol.